The normalized spacial score (nSPS) is 21.1. The molecule has 0 radical (unpaired) electrons. The molecule has 5 heteroatoms. The molecule has 4 rings (SSSR count). The zero-order valence-electron chi connectivity index (χ0n) is 22.0. The monoisotopic (exact) mass is 480 g/mol. The van der Waals surface area contributed by atoms with E-state index >= 15 is 0 Å². The van der Waals surface area contributed by atoms with Crippen LogP contribution in [0.25, 0.3) is 0 Å². The van der Waals surface area contributed by atoms with Crippen molar-refractivity contribution in [2.45, 2.75) is 110 Å². The Morgan fingerprint density at radius 3 is 2.40 bits per heavy atom. The van der Waals surface area contributed by atoms with Gasteiger partial charge in [0.1, 0.15) is 29.8 Å². The van der Waals surface area contributed by atoms with E-state index in [0.29, 0.717) is 25.9 Å². The molecular formula is C30H40O5. The maximum Gasteiger partial charge on any atom is 0.308 e. The van der Waals surface area contributed by atoms with Gasteiger partial charge in [-0.1, -0.05) is 58.0 Å². The van der Waals surface area contributed by atoms with Crippen LogP contribution in [-0.2, 0) is 29.0 Å². The number of aliphatic hydroxyl groups excluding tert-OH is 1. The van der Waals surface area contributed by atoms with E-state index in [1.807, 2.05) is 18.2 Å². The van der Waals surface area contributed by atoms with Crippen LogP contribution in [0, 0.1) is 0 Å². The van der Waals surface area contributed by atoms with E-state index in [1.54, 1.807) is 0 Å². The number of ether oxygens (including phenoxy) is 3. The Balaban J connectivity index is 1.77. The number of hydrogen-bond acceptors (Lipinski definition) is 5. The van der Waals surface area contributed by atoms with Crippen molar-refractivity contribution in [2.75, 3.05) is 0 Å². The molecule has 2 aliphatic heterocycles. The second-order valence-electron chi connectivity index (χ2n) is 11.3. The lowest BCUT2D eigenvalue weighted by atomic mass is 9.82. The molecule has 1 saturated heterocycles. The number of hydrogen-bond donors (Lipinski definition) is 1. The van der Waals surface area contributed by atoms with Crippen molar-refractivity contribution in [3.8, 4) is 11.5 Å². The van der Waals surface area contributed by atoms with Crippen LogP contribution in [0.2, 0.25) is 0 Å². The summed E-state index contributed by atoms with van der Waals surface area (Å²) in [4.78, 5) is 11.9. The Bertz CT molecular complexity index is 1050. The van der Waals surface area contributed by atoms with E-state index in [9.17, 15) is 9.90 Å². The smallest absolute Gasteiger partial charge is 0.308 e. The summed E-state index contributed by atoms with van der Waals surface area (Å²) in [7, 11) is 0. The number of esters is 1. The lowest BCUT2D eigenvalue weighted by Crippen LogP contribution is -2.33. The van der Waals surface area contributed by atoms with Gasteiger partial charge in [0.05, 0.1) is 12.5 Å². The zero-order valence-corrected chi connectivity index (χ0v) is 22.0. The van der Waals surface area contributed by atoms with E-state index < -0.39 is 6.10 Å². The summed E-state index contributed by atoms with van der Waals surface area (Å²) in [5, 5.41) is 10.1. The summed E-state index contributed by atoms with van der Waals surface area (Å²) in [5.41, 5.74) is 5.67. The van der Waals surface area contributed by atoms with Gasteiger partial charge < -0.3 is 19.3 Å². The quantitative estimate of drug-likeness (QED) is 0.454. The Morgan fingerprint density at radius 1 is 1.09 bits per heavy atom. The third-order valence-corrected chi connectivity index (χ3v) is 7.00. The van der Waals surface area contributed by atoms with E-state index in [-0.39, 0.29) is 35.9 Å². The van der Waals surface area contributed by atoms with Gasteiger partial charge in [0.2, 0.25) is 0 Å². The molecule has 190 valence electrons. The molecule has 2 aromatic rings. The van der Waals surface area contributed by atoms with Crippen LogP contribution in [0.4, 0.5) is 0 Å². The van der Waals surface area contributed by atoms with Crippen molar-refractivity contribution < 1.29 is 24.1 Å². The Labute approximate surface area is 209 Å². The van der Waals surface area contributed by atoms with E-state index in [2.05, 4.69) is 53.7 Å². The van der Waals surface area contributed by atoms with Gasteiger partial charge >= 0.3 is 5.97 Å². The maximum absolute atomic E-state index is 11.9. The van der Waals surface area contributed by atoms with Crippen LogP contribution in [0.5, 0.6) is 11.5 Å². The third-order valence-electron chi connectivity index (χ3n) is 7.00. The highest BCUT2D eigenvalue weighted by Crippen LogP contribution is 2.51. The van der Waals surface area contributed by atoms with Gasteiger partial charge in [-0.2, -0.15) is 0 Å². The predicted molar refractivity (Wildman–Crippen MR) is 137 cm³/mol. The van der Waals surface area contributed by atoms with Crippen molar-refractivity contribution in [2.24, 2.45) is 0 Å². The van der Waals surface area contributed by atoms with E-state index in [0.717, 1.165) is 29.0 Å². The Morgan fingerprint density at radius 2 is 1.77 bits per heavy atom. The molecule has 0 aliphatic carbocycles. The molecule has 0 aromatic heterocycles. The molecule has 2 atom stereocenters. The molecule has 2 heterocycles. The molecule has 1 fully saturated rings. The second-order valence-corrected chi connectivity index (χ2v) is 11.3. The Kier molecular flexibility index (Phi) is 7.46. The summed E-state index contributed by atoms with van der Waals surface area (Å²) in [6, 6.07) is 10.3. The molecule has 0 saturated carbocycles. The van der Waals surface area contributed by atoms with Crippen molar-refractivity contribution >= 4 is 5.97 Å². The summed E-state index contributed by atoms with van der Waals surface area (Å²) >= 11 is 0. The molecule has 1 N–H and O–H groups in total. The van der Waals surface area contributed by atoms with Gasteiger partial charge in [-0.15, -0.1) is 0 Å². The summed E-state index contributed by atoms with van der Waals surface area (Å²) in [6.07, 6.45) is 1.85. The minimum atomic E-state index is -0.625. The maximum atomic E-state index is 11.9. The van der Waals surface area contributed by atoms with Crippen LogP contribution in [0.3, 0.4) is 0 Å². The van der Waals surface area contributed by atoms with Crippen LogP contribution in [-0.4, -0.2) is 28.9 Å². The van der Waals surface area contributed by atoms with Gasteiger partial charge in [-0.3, -0.25) is 4.79 Å². The lowest BCUT2D eigenvalue weighted by molar-refractivity contribution is -0.160. The van der Waals surface area contributed by atoms with Crippen LogP contribution < -0.4 is 9.47 Å². The van der Waals surface area contributed by atoms with Gasteiger partial charge in [0.15, 0.2) is 0 Å². The topological polar surface area (TPSA) is 65.0 Å². The summed E-state index contributed by atoms with van der Waals surface area (Å²) in [5.74, 6) is 2.16. The average molecular weight is 481 g/mol. The Hall–Kier alpha value is -2.53. The first-order valence-electron chi connectivity index (χ1n) is 13.0. The van der Waals surface area contributed by atoms with Crippen LogP contribution in [0.15, 0.2) is 30.3 Å². The molecule has 0 bridgehead atoms. The van der Waals surface area contributed by atoms with E-state index in [4.69, 9.17) is 14.2 Å². The fourth-order valence-corrected chi connectivity index (χ4v) is 5.58. The SMILES string of the molecule is CC(C)c1c(CC[C@@H]2C[C@@H](O)CC(=O)O2)c2c(c(C(C)C)c1OCc1ccccc1)CC(C)(C)O2. The van der Waals surface area contributed by atoms with Crippen LogP contribution in [0.1, 0.15) is 100 Å². The molecule has 35 heavy (non-hydrogen) atoms. The average Bonchev–Trinajstić information content (AvgIpc) is 3.09. The molecule has 5 nitrogen and oxygen atoms in total. The summed E-state index contributed by atoms with van der Waals surface area (Å²) < 4.78 is 18.8. The van der Waals surface area contributed by atoms with E-state index in [1.165, 1.54) is 16.7 Å². The number of carbonyl (C=O) groups is 1. The highest BCUT2D eigenvalue weighted by molar-refractivity contribution is 5.71. The standard InChI is InChI=1S/C30H40O5/c1-18(2)26-23(13-12-22-14-21(31)15-25(32)34-22)28-24(16-30(5,6)35-28)27(19(3)4)29(26)33-17-20-10-8-7-9-11-20/h7-11,18-19,21-22,31H,12-17H2,1-6H3/t21-,22-/m1/s1. The first kappa shape index (κ1) is 25.6. The van der Waals surface area contributed by atoms with Crippen molar-refractivity contribution in [1.29, 1.82) is 0 Å². The number of benzene rings is 2. The number of carbonyl (C=O) groups excluding carboxylic acids is 1. The largest absolute Gasteiger partial charge is 0.488 e. The van der Waals surface area contributed by atoms with Crippen LogP contribution >= 0.6 is 0 Å². The minimum absolute atomic E-state index is 0.0843. The highest BCUT2D eigenvalue weighted by Gasteiger charge is 2.39. The minimum Gasteiger partial charge on any atom is -0.488 e. The number of fused-ring (bicyclic) bond motifs is 1. The van der Waals surface area contributed by atoms with Crippen molar-refractivity contribution in [3.63, 3.8) is 0 Å². The first-order chi connectivity index (χ1) is 16.6. The van der Waals surface area contributed by atoms with Gasteiger partial charge in [-0.25, -0.2) is 0 Å². The molecule has 0 spiro atoms. The lowest BCUT2D eigenvalue weighted by Gasteiger charge is -2.29. The van der Waals surface area contributed by atoms with Gasteiger partial charge in [0, 0.05) is 35.1 Å². The van der Waals surface area contributed by atoms with Crippen molar-refractivity contribution in [3.05, 3.63) is 58.1 Å². The molecular weight excluding hydrogens is 440 g/mol. The fourth-order valence-electron chi connectivity index (χ4n) is 5.58. The number of aliphatic hydroxyl groups is 1. The predicted octanol–water partition coefficient (Wildman–Crippen LogP) is 6.23. The van der Waals surface area contributed by atoms with Gasteiger partial charge in [0.25, 0.3) is 0 Å². The third kappa shape index (κ3) is 5.66. The molecule has 0 amide bonds. The summed E-state index contributed by atoms with van der Waals surface area (Å²) in [6.45, 7) is 13.6. The van der Waals surface area contributed by atoms with Crippen molar-refractivity contribution in [1.82, 2.24) is 0 Å². The zero-order chi connectivity index (χ0) is 25.3. The molecule has 0 unspecified atom stereocenters. The number of cyclic esters (lactones) is 1. The first-order valence-corrected chi connectivity index (χ1v) is 13.0. The van der Waals surface area contributed by atoms with Gasteiger partial charge in [-0.05, 0) is 44.1 Å². The highest BCUT2D eigenvalue weighted by atomic mass is 16.5. The fraction of sp³-hybridized carbons (Fsp3) is 0.567. The molecule has 2 aliphatic rings. The second kappa shape index (κ2) is 10.2. The number of rotatable bonds is 8. The molecule has 2 aromatic carbocycles.